The van der Waals surface area contributed by atoms with E-state index in [2.05, 4.69) is 5.18 Å². The van der Waals surface area contributed by atoms with Crippen LogP contribution in [-0.4, -0.2) is 28.7 Å². The number of rotatable bonds is 7. The van der Waals surface area contributed by atoms with E-state index in [1.165, 1.54) is 12.1 Å². The first-order valence-electron chi connectivity index (χ1n) is 9.09. The van der Waals surface area contributed by atoms with Gasteiger partial charge in [-0.15, -0.1) is 4.91 Å². The molecule has 8 nitrogen and oxygen atoms in total. The summed E-state index contributed by atoms with van der Waals surface area (Å²) in [5.74, 6) is 5.28. The van der Waals surface area contributed by atoms with Gasteiger partial charge >= 0.3 is 12.1 Å². The van der Waals surface area contributed by atoms with E-state index < -0.39 is 23.7 Å². The topological polar surface area (TPSA) is 111 Å². The number of benzene rings is 2. The molecule has 29 heavy (non-hydrogen) atoms. The third kappa shape index (κ3) is 7.00. The smallest absolute Gasteiger partial charge is 0.425 e. The maximum atomic E-state index is 12.7. The Morgan fingerprint density at radius 3 is 2.21 bits per heavy atom. The van der Waals surface area contributed by atoms with Crippen LogP contribution >= 0.6 is 0 Å². The Hall–Kier alpha value is -3.26. The average Bonchev–Trinajstić information content (AvgIpc) is 2.69. The quantitative estimate of drug-likeness (QED) is 0.249. The Bertz CT molecular complexity index is 832. The normalized spacial score (nSPS) is 12.0. The van der Waals surface area contributed by atoms with Crippen LogP contribution in [-0.2, 0) is 27.3 Å². The molecule has 0 aliphatic carbocycles. The fraction of sp³-hybridized carbons (Fsp3) is 0.333. The van der Waals surface area contributed by atoms with Crippen LogP contribution in [0.15, 0.2) is 59.8 Å². The lowest BCUT2D eigenvalue weighted by atomic mass is 10.0. The first-order valence-corrected chi connectivity index (χ1v) is 9.09. The number of nitrogens with zero attached hydrogens (tertiary/aromatic N) is 2. The molecule has 2 aromatic carbocycles. The van der Waals surface area contributed by atoms with Crippen molar-refractivity contribution in [3.05, 3.63) is 70.6 Å². The third-order valence-electron chi connectivity index (χ3n) is 3.90. The van der Waals surface area contributed by atoms with Gasteiger partial charge in [-0.3, -0.25) is 0 Å². The van der Waals surface area contributed by atoms with Crippen LogP contribution in [0.4, 0.5) is 10.5 Å². The van der Waals surface area contributed by atoms with Gasteiger partial charge in [0.15, 0.2) is 6.04 Å². The second kappa shape index (κ2) is 9.79. The van der Waals surface area contributed by atoms with Crippen molar-refractivity contribution >= 4 is 17.7 Å². The second-order valence-electron chi connectivity index (χ2n) is 7.46. The molecule has 0 saturated heterocycles. The van der Waals surface area contributed by atoms with Crippen molar-refractivity contribution in [3.63, 3.8) is 0 Å². The molecule has 8 heteroatoms. The molecule has 2 aromatic rings. The van der Waals surface area contributed by atoms with E-state index in [0.717, 1.165) is 10.6 Å². The first-order chi connectivity index (χ1) is 13.7. The molecule has 0 heterocycles. The van der Waals surface area contributed by atoms with Crippen LogP contribution in [0.5, 0.6) is 0 Å². The first kappa shape index (κ1) is 22.0. The standard InChI is InChI=1S/C21H25N3O5/c1-21(2,3)29-19(25)18(13-15-9-11-17(23-27)12-10-15)24(22)20(26)28-14-16-7-5-4-6-8-16/h4-12,18H,13-14,22H2,1-3H3/t18-/m0/s1. The van der Waals surface area contributed by atoms with Crippen molar-refractivity contribution < 1.29 is 19.1 Å². The number of hydrazine groups is 1. The summed E-state index contributed by atoms with van der Waals surface area (Å²) in [5, 5.41) is 3.58. The number of nitroso groups, excluding NO2 is 1. The molecule has 0 radical (unpaired) electrons. The Kier molecular flexibility index (Phi) is 7.44. The summed E-state index contributed by atoms with van der Waals surface area (Å²) in [7, 11) is 0. The van der Waals surface area contributed by atoms with Gasteiger partial charge in [0.2, 0.25) is 0 Å². The summed E-state index contributed by atoms with van der Waals surface area (Å²) in [5.41, 5.74) is 0.976. The molecule has 0 fully saturated rings. The maximum Gasteiger partial charge on any atom is 0.425 e. The van der Waals surface area contributed by atoms with E-state index in [9.17, 15) is 14.5 Å². The Labute approximate surface area is 169 Å². The van der Waals surface area contributed by atoms with Gasteiger partial charge in [0.25, 0.3) is 0 Å². The van der Waals surface area contributed by atoms with Crippen molar-refractivity contribution in [1.82, 2.24) is 5.01 Å². The van der Waals surface area contributed by atoms with Crippen molar-refractivity contribution in [2.24, 2.45) is 11.0 Å². The van der Waals surface area contributed by atoms with E-state index in [1.54, 1.807) is 32.9 Å². The number of esters is 1. The number of hydrogen-bond acceptors (Lipinski definition) is 7. The number of hydrogen-bond donors (Lipinski definition) is 1. The van der Waals surface area contributed by atoms with Gasteiger partial charge in [0.05, 0.1) is 0 Å². The number of carbonyl (C=O) groups excluding carboxylic acids is 2. The van der Waals surface area contributed by atoms with E-state index in [4.69, 9.17) is 15.3 Å². The molecule has 2 rings (SSSR count). The molecule has 0 aliphatic heterocycles. The molecule has 154 valence electrons. The highest BCUT2D eigenvalue weighted by Gasteiger charge is 2.33. The summed E-state index contributed by atoms with van der Waals surface area (Å²) in [6, 6.07) is 14.3. The maximum absolute atomic E-state index is 12.7. The van der Waals surface area contributed by atoms with Gasteiger partial charge in [0, 0.05) is 6.42 Å². The predicted molar refractivity (Wildman–Crippen MR) is 108 cm³/mol. The van der Waals surface area contributed by atoms with Gasteiger partial charge in [-0.05, 0) is 49.2 Å². The molecular formula is C21H25N3O5. The summed E-state index contributed by atoms with van der Waals surface area (Å²) in [6.45, 7) is 5.19. The lowest BCUT2D eigenvalue weighted by Gasteiger charge is -2.29. The van der Waals surface area contributed by atoms with E-state index in [-0.39, 0.29) is 18.7 Å². The molecule has 0 spiro atoms. The highest BCUT2D eigenvalue weighted by atomic mass is 16.6. The van der Waals surface area contributed by atoms with Crippen molar-refractivity contribution in [3.8, 4) is 0 Å². The van der Waals surface area contributed by atoms with Crippen LogP contribution in [0.3, 0.4) is 0 Å². The van der Waals surface area contributed by atoms with Crippen LogP contribution in [0.2, 0.25) is 0 Å². The van der Waals surface area contributed by atoms with Crippen molar-refractivity contribution in [1.29, 1.82) is 0 Å². The zero-order valence-corrected chi connectivity index (χ0v) is 16.7. The van der Waals surface area contributed by atoms with Gasteiger partial charge < -0.3 is 9.47 Å². The molecule has 1 amide bonds. The van der Waals surface area contributed by atoms with Crippen LogP contribution in [0, 0.1) is 4.91 Å². The zero-order chi connectivity index (χ0) is 21.4. The molecule has 0 saturated carbocycles. The van der Waals surface area contributed by atoms with Gasteiger partial charge in [0.1, 0.15) is 17.9 Å². The SMILES string of the molecule is CC(C)(C)OC(=O)[C@H](Cc1ccc(N=O)cc1)N(N)C(=O)OCc1ccccc1. The molecule has 1 atom stereocenters. The molecule has 2 N–H and O–H groups in total. The highest BCUT2D eigenvalue weighted by Crippen LogP contribution is 2.18. The number of ether oxygens (including phenoxy) is 2. The summed E-state index contributed by atoms with van der Waals surface area (Å²) in [4.78, 5) is 35.7. The number of amides is 1. The fourth-order valence-electron chi connectivity index (χ4n) is 2.50. The van der Waals surface area contributed by atoms with Crippen LogP contribution in [0.1, 0.15) is 31.9 Å². The van der Waals surface area contributed by atoms with Crippen LogP contribution < -0.4 is 5.84 Å². The third-order valence-corrected chi connectivity index (χ3v) is 3.90. The number of carbonyl (C=O) groups is 2. The van der Waals surface area contributed by atoms with Gasteiger partial charge in [-0.1, -0.05) is 42.5 Å². The van der Waals surface area contributed by atoms with Crippen molar-refractivity contribution in [2.45, 2.75) is 45.4 Å². The van der Waals surface area contributed by atoms with E-state index in [0.29, 0.717) is 5.56 Å². The summed E-state index contributed by atoms with van der Waals surface area (Å²) < 4.78 is 10.6. The summed E-state index contributed by atoms with van der Waals surface area (Å²) in [6.07, 6.45) is -0.763. The Morgan fingerprint density at radius 2 is 1.66 bits per heavy atom. The van der Waals surface area contributed by atoms with E-state index in [1.807, 2.05) is 30.3 Å². The highest BCUT2D eigenvalue weighted by molar-refractivity contribution is 5.81. The number of nitrogens with two attached hydrogens (primary N) is 1. The van der Waals surface area contributed by atoms with E-state index >= 15 is 0 Å². The predicted octanol–water partition coefficient (Wildman–Crippen LogP) is 3.85. The Balaban J connectivity index is 2.14. The zero-order valence-electron chi connectivity index (χ0n) is 16.7. The van der Waals surface area contributed by atoms with Gasteiger partial charge in [-0.25, -0.2) is 20.4 Å². The van der Waals surface area contributed by atoms with Gasteiger partial charge in [-0.2, -0.15) is 0 Å². The lowest BCUT2D eigenvalue weighted by Crippen LogP contribution is -2.52. The summed E-state index contributed by atoms with van der Waals surface area (Å²) >= 11 is 0. The molecule has 0 aliphatic rings. The largest absolute Gasteiger partial charge is 0.458 e. The fourth-order valence-corrected chi connectivity index (χ4v) is 2.50. The molecule has 0 bridgehead atoms. The molecular weight excluding hydrogens is 374 g/mol. The lowest BCUT2D eigenvalue weighted by molar-refractivity contribution is -0.161. The molecule has 0 unspecified atom stereocenters. The minimum atomic E-state index is -1.10. The second-order valence-corrected chi connectivity index (χ2v) is 7.46. The van der Waals surface area contributed by atoms with Crippen molar-refractivity contribution in [2.75, 3.05) is 0 Å². The minimum Gasteiger partial charge on any atom is -0.458 e. The average molecular weight is 399 g/mol. The minimum absolute atomic E-state index is 0.0219. The Morgan fingerprint density at radius 1 is 1.03 bits per heavy atom. The van der Waals surface area contributed by atoms with Crippen LogP contribution in [0.25, 0.3) is 0 Å². The molecule has 0 aromatic heterocycles. The monoisotopic (exact) mass is 399 g/mol.